The molecule has 1 saturated carbocycles. The first kappa shape index (κ1) is 19.7. The molecule has 4 heterocycles. The van der Waals surface area contributed by atoms with Gasteiger partial charge in [-0.1, -0.05) is 18.2 Å². The fraction of sp³-hybridized carbons (Fsp3) is 0.250. The van der Waals surface area contributed by atoms with Gasteiger partial charge in [-0.25, -0.2) is 14.4 Å². The largest absolute Gasteiger partial charge is 0.361 e. The summed E-state index contributed by atoms with van der Waals surface area (Å²) in [7, 11) is 1.86. The summed E-state index contributed by atoms with van der Waals surface area (Å²) in [6.07, 6.45) is 8.28. The lowest BCUT2D eigenvalue weighted by atomic mass is 10.00. The van der Waals surface area contributed by atoms with Gasteiger partial charge in [0.25, 0.3) is 5.56 Å². The van der Waals surface area contributed by atoms with Crippen LogP contribution in [0.5, 0.6) is 0 Å². The first-order chi connectivity index (χ1) is 16.0. The van der Waals surface area contributed by atoms with Crippen LogP contribution in [-0.2, 0) is 7.05 Å². The van der Waals surface area contributed by atoms with E-state index in [9.17, 15) is 9.18 Å². The number of rotatable bonds is 5. The SMILES string of the molecule is CC(Nc1ncnc2[nH]cc(F)c12)c1cc2cccc(-c3cnn(C)c3)c2c(=O)n1C1CC1. The normalized spacial score (nSPS) is 14.8. The Morgan fingerprint density at radius 2 is 2.09 bits per heavy atom. The number of aromatic nitrogens is 6. The molecule has 8 nitrogen and oxygen atoms in total. The van der Waals surface area contributed by atoms with Crippen LogP contribution < -0.4 is 10.9 Å². The number of fused-ring (bicyclic) bond motifs is 2. The molecular weight excluding hydrogens is 421 g/mol. The second-order valence-electron chi connectivity index (χ2n) is 8.60. The third kappa shape index (κ3) is 3.19. The van der Waals surface area contributed by atoms with Crippen molar-refractivity contribution in [2.24, 2.45) is 7.05 Å². The minimum Gasteiger partial charge on any atom is -0.361 e. The molecule has 0 radical (unpaired) electrons. The summed E-state index contributed by atoms with van der Waals surface area (Å²) < 4.78 is 18.0. The molecule has 33 heavy (non-hydrogen) atoms. The molecule has 1 aliphatic rings. The standard InChI is InChI=1S/C24H22FN7O/c1-13(30-23-21-18(25)10-26-22(21)27-12-28-23)19-8-14-4-3-5-17(15-9-29-31(2)11-15)20(14)24(33)32(19)16-6-7-16/h3-5,8-13,16H,6-7H2,1-2H3,(H2,26,27,28,30). The molecule has 166 valence electrons. The zero-order valence-electron chi connectivity index (χ0n) is 18.2. The van der Waals surface area contributed by atoms with Crippen molar-refractivity contribution < 1.29 is 4.39 Å². The number of nitrogens with zero attached hydrogens (tertiary/aromatic N) is 5. The first-order valence-electron chi connectivity index (χ1n) is 10.9. The number of benzene rings is 1. The van der Waals surface area contributed by atoms with Gasteiger partial charge in [-0.15, -0.1) is 0 Å². The Morgan fingerprint density at radius 3 is 2.85 bits per heavy atom. The number of halogens is 1. The molecule has 0 amide bonds. The molecule has 0 bridgehead atoms. The molecule has 1 atom stereocenters. The van der Waals surface area contributed by atoms with E-state index in [0.717, 1.165) is 35.0 Å². The van der Waals surface area contributed by atoms with Gasteiger partial charge in [0, 0.05) is 36.7 Å². The van der Waals surface area contributed by atoms with Crippen LogP contribution in [0.3, 0.4) is 0 Å². The highest BCUT2D eigenvalue weighted by Crippen LogP contribution is 2.38. The Balaban J connectivity index is 1.51. The zero-order chi connectivity index (χ0) is 22.7. The summed E-state index contributed by atoms with van der Waals surface area (Å²) in [6, 6.07) is 7.81. The summed E-state index contributed by atoms with van der Waals surface area (Å²) in [4.78, 5) is 25.0. The lowest BCUT2D eigenvalue weighted by Gasteiger charge is -2.22. The summed E-state index contributed by atoms with van der Waals surface area (Å²) in [5.74, 6) is -0.0234. The van der Waals surface area contributed by atoms with Crippen molar-refractivity contribution in [3.63, 3.8) is 0 Å². The van der Waals surface area contributed by atoms with Crippen LogP contribution in [0, 0.1) is 5.82 Å². The van der Waals surface area contributed by atoms with Gasteiger partial charge in [-0.05, 0) is 36.8 Å². The molecular formula is C24H22FN7O. The smallest absolute Gasteiger partial charge is 0.259 e. The predicted octanol–water partition coefficient (Wildman–Crippen LogP) is 4.32. The molecule has 0 aliphatic heterocycles. The number of aryl methyl sites for hydroxylation is 1. The highest BCUT2D eigenvalue weighted by molar-refractivity contribution is 5.96. The van der Waals surface area contributed by atoms with Crippen molar-refractivity contribution in [3.05, 3.63) is 71.0 Å². The van der Waals surface area contributed by atoms with E-state index in [0.29, 0.717) is 22.2 Å². The maximum atomic E-state index is 14.3. The third-order valence-electron chi connectivity index (χ3n) is 6.26. The minimum atomic E-state index is -0.417. The summed E-state index contributed by atoms with van der Waals surface area (Å²) in [6.45, 7) is 1.96. The van der Waals surface area contributed by atoms with Gasteiger partial charge < -0.3 is 14.9 Å². The monoisotopic (exact) mass is 443 g/mol. The summed E-state index contributed by atoms with van der Waals surface area (Å²) in [5.41, 5.74) is 3.04. The molecule has 0 spiro atoms. The maximum Gasteiger partial charge on any atom is 0.259 e. The molecule has 1 aliphatic carbocycles. The number of anilines is 1. The zero-order valence-corrected chi connectivity index (χ0v) is 18.2. The van der Waals surface area contributed by atoms with Crippen molar-refractivity contribution in [2.75, 3.05) is 5.32 Å². The van der Waals surface area contributed by atoms with Crippen molar-refractivity contribution in [1.29, 1.82) is 0 Å². The van der Waals surface area contributed by atoms with E-state index in [1.807, 2.05) is 42.9 Å². The van der Waals surface area contributed by atoms with Gasteiger partial charge in [0.2, 0.25) is 0 Å². The van der Waals surface area contributed by atoms with Crippen LogP contribution >= 0.6 is 0 Å². The number of hydrogen-bond acceptors (Lipinski definition) is 5. The molecule has 1 aromatic carbocycles. The lowest BCUT2D eigenvalue weighted by molar-refractivity contribution is 0.632. The Morgan fingerprint density at radius 1 is 1.24 bits per heavy atom. The van der Waals surface area contributed by atoms with Crippen molar-refractivity contribution in [3.8, 4) is 11.1 Å². The number of hydrogen-bond donors (Lipinski definition) is 2. The molecule has 6 rings (SSSR count). The van der Waals surface area contributed by atoms with Gasteiger partial charge >= 0.3 is 0 Å². The molecule has 1 unspecified atom stereocenters. The molecule has 4 aromatic heterocycles. The van der Waals surface area contributed by atoms with Gasteiger partial charge in [0.15, 0.2) is 5.82 Å². The topological polar surface area (TPSA) is 93.4 Å². The molecule has 0 saturated heterocycles. The Bertz CT molecular complexity index is 1580. The van der Waals surface area contributed by atoms with Crippen LogP contribution in [0.25, 0.3) is 32.9 Å². The Hall–Kier alpha value is -4.01. The summed E-state index contributed by atoms with van der Waals surface area (Å²) >= 11 is 0. The van der Waals surface area contributed by atoms with E-state index >= 15 is 0 Å². The van der Waals surface area contributed by atoms with Crippen LogP contribution in [0.4, 0.5) is 10.2 Å². The molecule has 1 fully saturated rings. The van der Waals surface area contributed by atoms with Gasteiger partial charge in [0.1, 0.15) is 17.8 Å². The highest BCUT2D eigenvalue weighted by atomic mass is 19.1. The Kier molecular flexibility index (Phi) is 4.33. The van der Waals surface area contributed by atoms with E-state index in [1.165, 1.54) is 12.5 Å². The van der Waals surface area contributed by atoms with Crippen molar-refractivity contribution in [1.82, 2.24) is 29.3 Å². The first-order valence-corrected chi connectivity index (χ1v) is 10.9. The van der Waals surface area contributed by atoms with E-state index in [2.05, 4.69) is 31.4 Å². The second-order valence-corrected chi connectivity index (χ2v) is 8.60. The second kappa shape index (κ2) is 7.26. The van der Waals surface area contributed by atoms with Crippen LogP contribution in [-0.4, -0.2) is 29.3 Å². The van der Waals surface area contributed by atoms with E-state index in [4.69, 9.17) is 0 Å². The minimum absolute atomic E-state index is 0.0150. The number of pyridine rings is 1. The third-order valence-corrected chi connectivity index (χ3v) is 6.26. The average molecular weight is 443 g/mol. The fourth-order valence-corrected chi connectivity index (χ4v) is 4.55. The van der Waals surface area contributed by atoms with Crippen LogP contribution in [0.1, 0.15) is 37.5 Å². The molecule has 2 N–H and O–H groups in total. The van der Waals surface area contributed by atoms with Crippen molar-refractivity contribution >= 4 is 27.6 Å². The quantitative estimate of drug-likeness (QED) is 0.422. The van der Waals surface area contributed by atoms with Crippen LogP contribution in [0.15, 0.2) is 54.0 Å². The maximum absolute atomic E-state index is 14.3. The van der Waals surface area contributed by atoms with Gasteiger partial charge in [-0.3, -0.25) is 9.48 Å². The average Bonchev–Trinajstić information content (AvgIpc) is 3.44. The fourth-order valence-electron chi connectivity index (χ4n) is 4.55. The van der Waals surface area contributed by atoms with Gasteiger partial charge in [-0.2, -0.15) is 5.10 Å². The van der Waals surface area contributed by atoms with Crippen LogP contribution in [0.2, 0.25) is 0 Å². The molecule has 9 heteroatoms. The van der Waals surface area contributed by atoms with E-state index < -0.39 is 5.82 Å². The number of nitrogens with one attached hydrogen (secondary N) is 2. The number of H-pyrrole nitrogens is 1. The van der Waals surface area contributed by atoms with E-state index in [-0.39, 0.29) is 17.6 Å². The summed E-state index contributed by atoms with van der Waals surface area (Å²) in [5, 5.41) is 9.44. The highest BCUT2D eigenvalue weighted by Gasteiger charge is 2.30. The number of aromatic amines is 1. The van der Waals surface area contributed by atoms with Gasteiger partial charge in [0.05, 0.1) is 23.0 Å². The predicted molar refractivity (Wildman–Crippen MR) is 125 cm³/mol. The molecule has 5 aromatic rings. The van der Waals surface area contributed by atoms with Crippen molar-refractivity contribution in [2.45, 2.75) is 31.8 Å². The lowest BCUT2D eigenvalue weighted by Crippen LogP contribution is -2.26. The Labute approximate surface area is 188 Å². The van der Waals surface area contributed by atoms with E-state index in [1.54, 1.807) is 10.9 Å².